The van der Waals surface area contributed by atoms with Crippen molar-refractivity contribution in [3.05, 3.63) is 34.2 Å². The molecule has 0 spiro atoms. The van der Waals surface area contributed by atoms with E-state index in [2.05, 4.69) is 26.3 Å². The monoisotopic (exact) mass is 283 g/mol. The maximum atomic E-state index is 13.7. The Kier molecular flexibility index (Phi) is 3.07. The summed E-state index contributed by atoms with van der Waals surface area (Å²) >= 11 is 3.25. The molecule has 2 rings (SSSR count). The van der Waals surface area contributed by atoms with E-state index in [1.54, 1.807) is 6.07 Å². The summed E-state index contributed by atoms with van der Waals surface area (Å²) in [6, 6.07) is 5.02. The third-order valence-corrected chi connectivity index (χ3v) is 2.86. The van der Waals surface area contributed by atoms with Crippen molar-refractivity contribution in [1.29, 1.82) is 0 Å². The average Bonchev–Trinajstić information content (AvgIpc) is 2.28. The zero-order valence-corrected chi connectivity index (χ0v) is 10.3. The number of pyridine rings is 1. The number of halogens is 2. The molecular formula is C11H11BrFN3. The van der Waals surface area contributed by atoms with E-state index in [9.17, 15) is 4.39 Å². The number of rotatable bonds is 2. The largest absolute Gasteiger partial charge is 0.323 e. The first-order valence-electron chi connectivity index (χ1n) is 4.91. The van der Waals surface area contributed by atoms with Gasteiger partial charge in [-0.1, -0.05) is 22.9 Å². The minimum absolute atomic E-state index is 0.343. The second-order valence-corrected chi connectivity index (χ2v) is 4.36. The molecule has 0 aliphatic rings. The van der Waals surface area contributed by atoms with Crippen molar-refractivity contribution >= 4 is 32.5 Å². The van der Waals surface area contributed by atoms with E-state index in [1.807, 2.05) is 13.0 Å². The minimum atomic E-state index is -0.351. The van der Waals surface area contributed by atoms with Crippen LogP contribution in [0.3, 0.4) is 0 Å². The van der Waals surface area contributed by atoms with Gasteiger partial charge in [-0.25, -0.2) is 9.37 Å². The first-order valence-corrected chi connectivity index (χ1v) is 5.70. The summed E-state index contributed by atoms with van der Waals surface area (Å²) < 4.78 is 14.4. The lowest BCUT2D eigenvalue weighted by atomic mass is 10.1. The molecule has 0 unspecified atom stereocenters. The number of nitrogens with one attached hydrogen (secondary N) is 1. The molecule has 0 saturated carbocycles. The molecule has 84 valence electrons. The van der Waals surface area contributed by atoms with E-state index in [-0.39, 0.29) is 5.82 Å². The smallest absolute Gasteiger partial charge is 0.150 e. The number of aromatic nitrogens is 1. The van der Waals surface area contributed by atoms with Crippen LogP contribution in [0.4, 0.5) is 10.1 Å². The zero-order chi connectivity index (χ0) is 11.7. The lowest BCUT2D eigenvalue weighted by Gasteiger charge is -2.09. The minimum Gasteiger partial charge on any atom is -0.323 e. The summed E-state index contributed by atoms with van der Waals surface area (Å²) in [7, 11) is 0. The molecule has 0 fully saturated rings. The molecule has 16 heavy (non-hydrogen) atoms. The number of hydrazine groups is 1. The Bertz CT molecular complexity index is 542. The average molecular weight is 284 g/mol. The van der Waals surface area contributed by atoms with Crippen LogP contribution in [0.15, 0.2) is 22.7 Å². The number of nitrogens with two attached hydrogens (primary N) is 1. The first-order chi connectivity index (χ1) is 7.65. The van der Waals surface area contributed by atoms with Crippen LogP contribution in [-0.4, -0.2) is 4.98 Å². The molecule has 0 atom stereocenters. The molecule has 3 nitrogen and oxygen atoms in total. The molecule has 0 radical (unpaired) electrons. The first kappa shape index (κ1) is 11.3. The second-order valence-electron chi connectivity index (χ2n) is 3.44. The SMILES string of the molecule is CCc1cc(NN)c2cc(Br)cc(F)c2n1. The van der Waals surface area contributed by atoms with Gasteiger partial charge in [0.15, 0.2) is 5.82 Å². The molecule has 1 heterocycles. The molecule has 5 heteroatoms. The van der Waals surface area contributed by atoms with Gasteiger partial charge in [-0.15, -0.1) is 0 Å². The molecule has 2 aromatic rings. The number of aryl methyl sites for hydroxylation is 1. The number of fused-ring (bicyclic) bond motifs is 1. The van der Waals surface area contributed by atoms with Crippen LogP contribution in [0, 0.1) is 5.82 Å². The number of benzene rings is 1. The molecule has 0 saturated heterocycles. The predicted octanol–water partition coefficient (Wildman–Crippen LogP) is 2.98. The summed E-state index contributed by atoms with van der Waals surface area (Å²) in [6.45, 7) is 1.96. The highest BCUT2D eigenvalue weighted by Crippen LogP contribution is 2.28. The second kappa shape index (κ2) is 4.35. The maximum Gasteiger partial charge on any atom is 0.150 e. The van der Waals surface area contributed by atoms with Crippen LogP contribution in [0.2, 0.25) is 0 Å². The number of nitrogen functional groups attached to an aromatic ring is 1. The summed E-state index contributed by atoms with van der Waals surface area (Å²) in [5, 5.41) is 0.673. The van der Waals surface area contributed by atoms with Gasteiger partial charge >= 0.3 is 0 Å². The van der Waals surface area contributed by atoms with E-state index in [0.717, 1.165) is 12.1 Å². The van der Waals surface area contributed by atoms with Crippen molar-refractivity contribution in [3.8, 4) is 0 Å². The number of nitrogens with zero attached hydrogens (tertiary/aromatic N) is 1. The summed E-state index contributed by atoms with van der Waals surface area (Å²) in [5.74, 6) is 5.07. The highest BCUT2D eigenvalue weighted by molar-refractivity contribution is 9.10. The number of hydrogen-bond acceptors (Lipinski definition) is 3. The van der Waals surface area contributed by atoms with Gasteiger partial charge in [-0.3, -0.25) is 5.84 Å². The van der Waals surface area contributed by atoms with Crippen LogP contribution < -0.4 is 11.3 Å². The lowest BCUT2D eigenvalue weighted by molar-refractivity contribution is 0.635. The van der Waals surface area contributed by atoms with Gasteiger partial charge in [0, 0.05) is 15.6 Å². The van der Waals surface area contributed by atoms with Gasteiger partial charge in [-0.05, 0) is 24.6 Å². The number of hydrogen-bond donors (Lipinski definition) is 2. The third-order valence-electron chi connectivity index (χ3n) is 2.40. The van der Waals surface area contributed by atoms with Crippen molar-refractivity contribution in [2.45, 2.75) is 13.3 Å². The van der Waals surface area contributed by atoms with Crippen molar-refractivity contribution in [2.24, 2.45) is 5.84 Å². The van der Waals surface area contributed by atoms with Crippen LogP contribution in [0.25, 0.3) is 10.9 Å². The van der Waals surface area contributed by atoms with Crippen LogP contribution >= 0.6 is 15.9 Å². The molecule has 3 N–H and O–H groups in total. The Morgan fingerprint density at radius 2 is 2.19 bits per heavy atom. The fourth-order valence-corrected chi connectivity index (χ4v) is 2.04. The Hall–Kier alpha value is -1.20. The topological polar surface area (TPSA) is 50.9 Å². The summed E-state index contributed by atoms with van der Waals surface area (Å²) in [6.07, 6.45) is 0.736. The molecule has 0 amide bonds. The van der Waals surface area contributed by atoms with Crippen molar-refractivity contribution < 1.29 is 4.39 Å². The molecule has 1 aromatic heterocycles. The molecule has 1 aromatic carbocycles. The van der Waals surface area contributed by atoms with Gasteiger partial charge in [0.25, 0.3) is 0 Å². The van der Waals surface area contributed by atoms with Gasteiger partial charge < -0.3 is 5.43 Å². The third kappa shape index (κ3) is 1.88. The van der Waals surface area contributed by atoms with Crippen LogP contribution in [0.1, 0.15) is 12.6 Å². The summed E-state index contributed by atoms with van der Waals surface area (Å²) in [5.41, 5.74) is 4.40. The predicted molar refractivity (Wildman–Crippen MR) is 66.6 cm³/mol. The molecule has 0 aliphatic heterocycles. The normalized spacial score (nSPS) is 10.8. The van der Waals surface area contributed by atoms with Gasteiger partial charge in [0.1, 0.15) is 5.52 Å². The van der Waals surface area contributed by atoms with Gasteiger partial charge in [0.2, 0.25) is 0 Å². The quantitative estimate of drug-likeness (QED) is 0.658. The Morgan fingerprint density at radius 1 is 1.44 bits per heavy atom. The fraction of sp³-hybridized carbons (Fsp3) is 0.182. The Labute approximate surface area is 101 Å². The summed E-state index contributed by atoms with van der Waals surface area (Å²) in [4.78, 5) is 4.25. The molecular weight excluding hydrogens is 273 g/mol. The van der Waals surface area contributed by atoms with E-state index >= 15 is 0 Å². The Balaban J connectivity index is 2.83. The zero-order valence-electron chi connectivity index (χ0n) is 8.72. The maximum absolute atomic E-state index is 13.7. The van der Waals surface area contributed by atoms with E-state index in [1.165, 1.54) is 6.07 Å². The highest BCUT2D eigenvalue weighted by atomic mass is 79.9. The van der Waals surface area contributed by atoms with Crippen molar-refractivity contribution in [1.82, 2.24) is 4.98 Å². The van der Waals surface area contributed by atoms with E-state index in [0.29, 0.717) is 21.1 Å². The van der Waals surface area contributed by atoms with Crippen LogP contribution in [0.5, 0.6) is 0 Å². The van der Waals surface area contributed by atoms with E-state index in [4.69, 9.17) is 5.84 Å². The Morgan fingerprint density at radius 3 is 2.81 bits per heavy atom. The van der Waals surface area contributed by atoms with Crippen LogP contribution in [-0.2, 0) is 6.42 Å². The highest BCUT2D eigenvalue weighted by Gasteiger charge is 2.09. The van der Waals surface area contributed by atoms with Gasteiger partial charge in [-0.2, -0.15) is 0 Å². The fourth-order valence-electron chi connectivity index (χ4n) is 1.61. The van der Waals surface area contributed by atoms with Gasteiger partial charge in [0.05, 0.1) is 5.69 Å². The molecule has 0 aliphatic carbocycles. The number of anilines is 1. The van der Waals surface area contributed by atoms with Crippen molar-refractivity contribution in [2.75, 3.05) is 5.43 Å². The lowest BCUT2D eigenvalue weighted by Crippen LogP contribution is -2.08. The molecule has 0 bridgehead atoms. The van der Waals surface area contributed by atoms with E-state index < -0.39 is 0 Å². The van der Waals surface area contributed by atoms with Crippen molar-refractivity contribution in [3.63, 3.8) is 0 Å². The standard InChI is InChI=1S/C11H11BrFN3/c1-2-7-5-10(16-14)8-3-6(12)4-9(13)11(8)15-7/h3-5H,2,14H2,1H3,(H,15,16).